The Labute approximate surface area is 283 Å². The minimum Gasteiger partial charge on any atom is -0.507 e. The average molecular weight is 639 g/mol. The van der Waals surface area contributed by atoms with Gasteiger partial charge in [-0.15, -0.1) is 0 Å². The lowest BCUT2D eigenvalue weighted by Gasteiger charge is -2.32. The topological polar surface area (TPSA) is 20.2 Å². The average Bonchev–Trinajstić information content (AvgIpc) is 3.03. The molecule has 0 bridgehead atoms. The van der Waals surface area contributed by atoms with E-state index in [-0.39, 0.29) is 10.8 Å². The molecule has 0 saturated heterocycles. The first-order chi connectivity index (χ1) is 22.1. The molecule has 47 heavy (non-hydrogen) atoms. The van der Waals surface area contributed by atoms with Crippen LogP contribution in [-0.4, -0.2) is 5.11 Å². The third-order valence-electron chi connectivity index (χ3n) is 9.79. The van der Waals surface area contributed by atoms with Crippen molar-refractivity contribution in [3.8, 4) is 28.0 Å². The molecule has 0 heterocycles. The van der Waals surface area contributed by atoms with Gasteiger partial charge in [-0.25, -0.2) is 8.78 Å². The highest BCUT2D eigenvalue weighted by atomic mass is 19.2. The Morgan fingerprint density at radius 1 is 0.638 bits per heavy atom. The first-order valence-electron chi connectivity index (χ1n) is 17.7. The lowest BCUT2D eigenvalue weighted by Crippen LogP contribution is -2.19. The van der Waals surface area contributed by atoms with Crippen LogP contribution in [0.2, 0.25) is 0 Å². The van der Waals surface area contributed by atoms with Crippen LogP contribution in [0.4, 0.5) is 8.78 Å². The molecule has 0 amide bonds. The van der Waals surface area contributed by atoms with Crippen molar-refractivity contribution in [3.63, 3.8) is 0 Å². The summed E-state index contributed by atoms with van der Waals surface area (Å²) in [5.41, 5.74) is 7.97. The Morgan fingerprint density at radius 2 is 1.06 bits per heavy atom. The number of phenols is 1. The van der Waals surface area contributed by atoms with Crippen molar-refractivity contribution in [1.29, 1.82) is 0 Å². The van der Waals surface area contributed by atoms with Crippen LogP contribution in [-0.2, 0) is 23.7 Å². The van der Waals surface area contributed by atoms with Gasteiger partial charge in [0.15, 0.2) is 11.6 Å². The molecule has 0 aliphatic heterocycles. The van der Waals surface area contributed by atoms with Gasteiger partial charge in [-0.1, -0.05) is 154 Å². The standard InChI is InChI=1S/C23H22F2.C21H34O/c1-3-5-17-8-12-19(13-9-17)21-15-14-20(22(24)23(21)25)18-10-6-16(4-2)7-11-18;1-14-8-10-15(11-9-14)16-12-17(20(2,3)4)19(22)18(13-16)21(5,6)7/h6-15H,3-5H2,1-2H3;12-15,22H,8-11H2,1-7H3. The summed E-state index contributed by atoms with van der Waals surface area (Å²) in [6.45, 7) is 19.7. The van der Waals surface area contributed by atoms with Crippen LogP contribution >= 0.6 is 0 Å². The van der Waals surface area contributed by atoms with Gasteiger partial charge >= 0.3 is 0 Å². The SMILES string of the molecule is CC1CCC(c2cc(C(C)(C)C)c(O)c(C(C)(C)C)c2)CC1.CCCc1ccc(-c2ccc(-c3ccc(CC)cc3)c(F)c2F)cc1. The van der Waals surface area contributed by atoms with Crippen molar-refractivity contribution in [2.24, 2.45) is 5.92 Å². The van der Waals surface area contributed by atoms with Gasteiger partial charge in [-0.05, 0) is 87.3 Å². The summed E-state index contributed by atoms with van der Waals surface area (Å²) in [5.74, 6) is 0.462. The van der Waals surface area contributed by atoms with Gasteiger partial charge in [-0.3, -0.25) is 0 Å². The molecule has 1 N–H and O–H groups in total. The van der Waals surface area contributed by atoms with Crippen molar-refractivity contribution >= 4 is 0 Å². The van der Waals surface area contributed by atoms with Crippen LogP contribution in [0, 0.1) is 17.6 Å². The first kappa shape index (κ1) is 36.4. The molecule has 1 saturated carbocycles. The number of aromatic hydroxyl groups is 1. The molecule has 1 aliphatic carbocycles. The molecule has 252 valence electrons. The Morgan fingerprint density at radius 3 is 1.45 bits per heavy atom. The summed E-state index contributed by atoms with van der Waals surface area (Å²) >= 11 is 0. The van der Waals surface area contributed by atoms with Gasteiger partial charge in [-0.2, -0.15) is 0 Å². The molecule has 3 heteroatoms. The first-order valence-corrected chi connectivity index (χ1v) is 17.7. The fourth-order valence-electron chi connectivity index (χ4n) is 6.68. The number of hydrogen-bond donors (Lipinski definition) is 1. The monoisotopic (exact) mass is 638 g/mol. The summed E-state index contributed by atoms with van der Waals surface area (Å²) in [6, 6.07) is 23.2. The van der Waals surface area contributed by atoms with Gasteiger partial charge in [0, 0.05) is 11.1 Å². The van der Waals surface area contributed by atoms with Crippen molar-refractivity contribution in [3.05, 3.63) is 112 Å². The maximum absolute atomic E-state index is 14.7. The van der Waals surface area contributed by atoms with Gasteiger partial charge in [0.1, 0.15) is 5.75 Å². The molecule has 0 aromatic heterocycles. The molecule has 0 radical (unpaired) electrons. The van der Waals surface area contributed by atoms with Crippen LogP contribution in [0.1, 0.15) is 128 Å². The van der Waals surface area contributed by atoms with Crippen LogP contribution in [0.25, 0.3) is 22.3 Å². The molecule has 1 nitrogen and oxygen atoms in total. The molecular weight excluding hydrogens is 582 g/mol. The zero-order chi connectivity index (χ0) is 34.5. The highest BCUT2D eigenvalue weighted by Crippen LogP contribution is 2.44. The molecule has 0 atom stereocenters. The maximum atomic E-state index is 14.7. The second-order valence-corrected chi connectivity index (χ2v) is 15.7. The number of rotatable bonds is 6. The van der Waals surface area contributed by atoms with E-state index >= 15 is 0 Å². The van der Waals surface area contributed by atoms with E-state index in [0.717, 1.165) is 36.3 Å². The third-order valence-corrected chi connectivity index (χ3v) is 9.79. The van der Waals surface area contributed by atoms with Crippen molar-refractivity contribution in [2.45, 2.75) is 124 Å². The van der Waals surface area contributed by atoms with E-state index in [0.29, 0.717) is 33.9 Å². The number of halogens is 2. The van der Waals surface area contributed by atoms with Crippen LogP contribution < -0.4 is 0 Å². The van der Waals surface area contributed by atoms with Gasteiger partial charge in [0.2, 0.25) is 0 Å². The normalized spacial score (nSPS) is 16.8. The number of hydrogen-bond acceptors (Lipinski definition) is 1. The van der Waals surface area contributed by atoms with Gasteiger partial charge in [0.05, 0.1) is 0 Å². The summed E-state index contributed by atoms with van der Waals surface area (Å²) in [7, 11) is 0. The number of aryl methyl sites for hydroxylation is 2. The van der Waals surface area contributed by atoms with Gasteiger partial charge < -0.3 is 5.11 Å². The number of benzene rings is 4. The summed E-state index contributed by atoms with van der Waals surface area (Å²) < 4.78 is 29.3. The molecule has 1 aliphatic rings. The fourth-order valence-corrected chi connectivity index (χ4v) is 6.68. The van der Waals surface area contributed by atoms with E-state index in [1.807, 2.05) is 48.5 Å². The van der Waals surface area contributed by atoms with Crippen molar-refractivity contribution in [2.75, 3.05) is 0 Å². The maximum Gasteiger partial charge on any atom is 0.167 e. The Hall–Kier alpha value is -3.46. The third kappa shape index (κ3) is 8.92. The lowest BCUT2D eigenvalue weighted by molar-refractivity contribution is 0.346. The fraction of sp³-hybridized carbons (Fsp3) is 0.455. The zero-order valence-corrected chi connectivity index (χ0v) is 30.2. The number of phenolic OH excluding ortho intramolecular Hbond substituents is 1. The Kier molecular flexibility index (Phi) is 11.7. The van der Waals surface area contributed by atoms with E-state index in [1.165, 1.54) is 42.4 Å². The summed E-state index contributed by atoms with van der Waals surface area (Å²) in [5, 5.41) is 10.8. The molecule has 4 aromatic carbocycles. The van der Waals surface area contributed by atoms with Crippen LogP contribution in [0.5, 0.6) is 5.75 Å². The van der Waals surface area contributed by atoms with E-state index in [2.05, 4.69) is 74.4 Å². The van der Waals surface area contributed by atoms with E-state index < -0.39 is 11.6 Å². The Bertz CT molecular complexity index is 1580. The minimum atomic E-state index is -0.792. The van der Waals surface area contributed by atoms with Gasteiger partial charge in [0.25, 0.3) is 0 Å². The Balaban J connectivity index is 0.000000215. The lowest BCUT2D eigenvalue weighted by atomic mass is 9.74. The molecule has 0 unspecified atom stereocenters. The van der Waals surface area contributed by atoms with E-state index in [9.17, 15) is 13.9 Å². The molecule has 1 fully saturated rings. The van der Waals surface area contributed by atoms with Crippen molar-refractivity contribution in [1.82, 2.24) is 0 Å². The summed E-state index contributed by atoms with van der Waals surface area (Å²) in [4.78, 5) is 0. The van der Waals surface area contributed by atoms with E-state index in [4.69, 9.17) is 0 Å². The predicted octanol–water partition coefficient (Wildman–Crippen LogP) is 13.1. The summed E-state index contributed by atoms with van der Waals surface area (Å²) in [6.07, 6.45) is 8.22. The highest BCUT2D eigenvalue weighted by Gasteiger charge is 2.29. The van der Waals surface area contributed by atoms with Crippen LogP contribution in [0.15, 0.2) is 72.8 Å². The molecule has 5 rings (SSSR count). The zero-order valence-electron chi connectivity index (χ0n) is 30.2. The quantitative estimate of drug-likeness (QED) is 0.223. The largest absolute Gasteiger partial charge is 0.507 e. The van der Waals surface area contributed by atoms with Crippen LogP contribution in [0.3, 0.4) is 0 Å². The minimum absolute atomic E-state index is 0.0257. The molecule has 4 aromatic rings. The second-order valence-electron chi connectivity index (χ2n) is 15.7. The highest BCUT2D eigenvalue weighted by molar-refractivity contribution is 5.72. The molecule has 0 spiro atoms. The second kappa shape index (κ2) is 15.2. The van der Waals surface area contributed by atoms with E-state index in [1.54, 1.807) is 12.1 Å². The van der Waals surface area contributed by atoms with Crippen molar-refractivity contribution < 1.29 is 13.9 Å². The smallest absolute Gasteiger partial charge is 0.167 e. The molecular formula is C44H56F2O. The predicted molar refractivity (Wildman–Crippen MR) is 196 cm³/mol.